The zero-order chi connectivity index (χ0) is 14.7. The van der Waals surface area contributed by atoms with Crippen molar-refractivity contribution in [2.75, 3.05) is 13.2 Å². The van der Waals surface area contributed by atoms with E-state index in [1.54, 1.807) is 6.92 Å². The summed E-state index contributed by atoms with van der Waals surface area (Å²) in [5.41, 5.74) is -1.32. The summed E-state index contributed by atoms with van der Waals surface area (Å²) in [6.07, 6.45) is 0.962. The Balaban J connectivity index is 2.45. The van der Waals surface area contributed by atoms with Crippen LogP contribution in [0.25, 0.3) is 0 Å². The van der Waals surface area contributed by atoms with Crippen molar-refractivity contribution in [3.63, 3.8) is 0 Å². The summed E-state index contributed by atoms with van der Waals surface area (Å²) < 4.78 is 5.92. The Kier molecular flexibility index (Phi) is 4.02. The van der Waals surface area contributed by atoms with Gasteiger partial charge in [-0.25, -0.2) is 9.59 Å². The molecule has 1 aliphatic heterocycles. The number of rotatable bonds is 4. The van der Waals surface area contributed by atoms with E-state index in [0.717, 1.165) is 10.6 Å². The largest absolute Gasteiger partial charge is 0.463 e. The molecule has 108 valence electrons. The first-order valence-electron chi connectivity index (χ1n) is 6.32. The van der Waals surface area contributed by atoms with E-state index in [0.29, 0.717) is 19.4 Å². The number of hydrogen-bond donors (Lipinski definition) is 1. The highest BCUT2D eigenvalue weighted by Crippen LogP contribution is 2.21. The molecule has 8 heteroatoms. The molecule has 0 radical (unpaired) electrons. The molecule has 1 atom stereocenters. The summed E-state index contributed by atoms with van der Waals surface area (Å²) in [7, 11) is 0. The number of H-pyrrole nitrogens is 1. The molecule has 1 aromatic rings. The second-order valence-electron chi connectivity index (χ2n) is 4.33. The molecule has 8 nitrogen and oxygen atoms in total. The third-order valence-corrected chi connectivity index (χ3v) is 3.02. The number of esters is 1. The Morgan fingerprint density at radius 3 is 2.75 bits per heavy atom. The van der Waals surface area contributed by atoms with Gasteiger partial charge in [0.2, 0.25) is 12.1 Å². The minimum Gasteiger partial charge on any atom is -0.463 e. The summed E-state index contributed by atoms with van der Waals surface area (Å²) in [6.45, 7) is 2.14. The summed E-state index contributed by atoms with van der Waals surface area (Å²) in [5, 5.41) is 0. The van der Waals surface area contributed by atoms with Crippen LogP contribution in [0.4, 0.5) is 0 Å². The van der Waals surface area contributed by atoms with Crippen LogP contribution < -0.4 is 11.2 Å². The van der Waals surface area contributed by atoms with E-state index in [9.17, 15) is 19.2 Å². The SMILES string of the molecule is CCOC(=O)C(N1CCCC1=O)n1ccc(=O)[nH]c1=O. The first kappa shape index (κ1) is 14.0. The van der Waals surface area contributed by atoms with Crippen LogP contribution >= 0.6 is 0 Å². The van der Waals surface area contributed by atoms with E-state index >= 15 is 0 Å². The number of hydrogen-bond acceptors (Lipinski definition) is 5. The van der Waals surface area contributed by atoms with Gasteiger partial charge in [-0.1, -0.05) is 0 Å². The molecule has 1 unspecified atom stereocenters. The molecule has 20 heavy (non-hydrogen) atoms. The fourth-order valence-corrected chi connectivity index (χ4v) is 2.16. The van der Waals surface area contributed by atoms with Crippen molar-refractivity contribution in [3.8, 4) is 0 Å². The fourth-order valence-electron chi connectivity index (χ4n) is 2.16. The van der Waals surface area contributed by atoms with Crippen molar-refractivity contribution < 1.29 is 14.3 Å². The van der Waals surface area contributed by atoms with Crippen LogP contribution in [0.15, 0.2) is 21.9 Å². The normalized spacial score (nSPS) is 16.2. The van der Waals surface area contributed by atoms with Crippen molar-refractivity contribution in [2.24, 2.45) is 0 Å². The van der Waals surface area contributed by atoms with Crippen molar-refractivity contribution in [1.82, 2.24) is 14.5 Å². The maximum Gasteiger partial charge on any atom is 0.350 e. The fraction of sp³-hybridized carbons (Fsp3) is 0.500. The monoisotopic (exact) mass is 281 g/mol. The molecule has 0 aromatic carbocycles. The van der Waals surface area contributed by atoms with Crippen LogP contribution in [0, 0.1) is 0 Å². The highest BCUT2D eigenvalue weighted by atomic mass is 16.5. The van der Waals surface area contributed by atoms with Gasteiger partial charge in [0.05, 0.1) is 6.61 Å². The molecule has 1 N–H and O–H groups in total. The minimum absolute atomic E-state index is 0.134. The number of ether oxygens (including phenoxy) is 1. The molecule has 0 saturated carbocycles. The molecule has 1 amide bonds. The third kappa shape index (κ3) is 2.63. The lowest BCUT2D eigenvalue weighted by Crippen LogP contribution is -2.45. The second-order valence-corrected chi connectivity index (χ2v) is 4.33. The maximum atomic E-state index is 12.0. The number of nitrogens with zero attached hydrogens (tertiary/aromatic N) is 2. The zero-order valence-corrected chi connectivity index (χ0v) is 11.0. The average molecular weight is 281 g/mol. The standard InChI is InChI=1S/C12H15N3O5/c1-2-20-11(18)10(14-6-3-4-9(14)17)15-7-5-8(16)13-12(15)19/h5,7,10H,2-4,6H2,1H3,(H,13,16,19). The van der Waals surface area contributed by atoms with Crippen LogP contribution in [0.5, 0.6) is 0 Å². The van der Waals surface area contributed by atoms with Gasteiger partial charge in [0.25, 0.3) is 5.56 Å². The Hall–Kier alpha value is -2.38. The van der Waals surface area contributed by atoms with Crippen molar-refractivity contribution in [1.29, 1.82) is 0 Å². The zero-order valence-electron chi connectivity index (χ0n) is 11.0. The number of carbonyl (C=O) groups is 2. The Bertz CT molecular complexity index is 632. The number of carbonyl (C=O) groups excluding carboxylic acids is 2. The summed E-state index contributed by atoms with van der Waals surface area (Å²) in [4.78, 5) is 50.1. The second kappa shape index (κ2) is 5.72. The lowest BCUT2D eigenvalue weighted by Gasteiger charge is -2.26. The molecule has 1 saturated heterocycles. The van der Waals surface area contributed by atoms with E-state index in [4.69, 9.17) is 4.74 Å². The van der Waals surface area contributed by atoms with E-state index < -0.39 is 23.4 Å². The molecule has 0 spiro atoms. The predicted molar refractivity (Wildman–Crippen MR) is 67.9 cm³/mol. The number of nitrogens with one attached hydrogen (secondary N) is 1. The molecule has 1 fully saturated rings. The molecule has 0 bridgehead atoms. The van der Waals surface area contributed by atoms with Crippen molar-refractivity contribution in [3.05, 3.63) is 33.1 Å². The number of aromatic nitrogens is 2. The van der Waals surface area contributed by atoms with Crippen LogP contribution in [0.1, 0.15) is 25.9 Å². The summed E-state index contributed by atoms with van der Waals surface area (Å²) in [5.74, 6) is -0.918. The Morgan fingerprint density at radius 1 is 1.45 bits per heavy atom. The number of aromatic amines is 1. The molecule has 2 heterocycles. The van der Waals surface area contributed by atoms with Gasteiger partial charge in [-0.05, 0) is 13.3 Å². The third-order valence-electron chi connectivity index (χ3n) is 3.02. The highest BCUT2D eigenvalue weighted by Gasteiger charge is 2.35. The molecular formula is C12H15N3O5. The minimum atomic E-state index is -1.17. The Labute approximate surface area is 114 Å². The van der Waals surface area contributed by atoms with Crippen molar-refractivity contribution in [2.45, 2.75) is 25.9 Å². The van der Waals surface area contributed by atoms with E-state index in [-0.39, 0.29) is 12.5 Å². The van der Waals surface area contributed by atoms with Gasteiger partial charge in [0.15, 0.2) is 0 Å². The van der Waals surface area contributed by atoms with Gasteiger partial charge in [-0.2, -0.15) is 0 Å². The maximum absolute atomic E-state index is 12.0. The van der Waals surface area contributed by atoms with Crippen LogP contribution in [-0.4, -0.2) is 39.5 Å². The van der Waals surface area contributed by atoms with E-state index in [1.165, 1.54) is 11.1 Å². The number of likely N-dealkylation sites (tertiary alicyclic amines) is 1. The summed E-state index contributed by atoms with van der Waals surface area (Å²) >= 11 is 0. The molecule has 0 aliphatic carbocycles. The quantitative estimate of drug-likeness (QED) is 0.729. The van der Waals surface area contributed by atoms with Crippen LogP contribution in [-0.2, 0) is 14.3 Å². The number of amides is 1. The molecule has 2 rings (SSSR count). The lowest BCUT2D eigenvalue weighted by atomic mass is 10.4. The summed E-state index contributed by atoms with van der Waals surface area (Å²) in [6, 6.07) is 1.12. The van der Waals surface area contributed by atoms with Crippen LogP contribution in [0.2, 0.25) is 0 Å². The van der Waals surface area contributed by atoms with Gasteiger partial charge >= 0.3 is 11.7 Å². The van der Waals surface area contributed by atoms with Gasteiger partial charge in [-0.15, -0.1) is 0 Å². The molecule has 1 aromatic heterocycles. The smallest absolute Gasteiger partial charge is 0.350 e. The van der Waals surface area contributed by atoms with Gasteiger partial charge in [-0.3, -0.25) is 19.1 Å². The first-order chi connectivity index (χ1) is 9.54. The topological polar surface area (TPSA) is 101 Å². The van der Waals surface area contributed by atoms with Gasteiger partial charge < -0.3 is 9.64 Å². The van der Waals surface area contributed by atoms with E-state index in [2.05, 4.69) is 4.98 Å². The average Bonchev–Trinajstić information content (AvgIpc) is 2.79. The van der Waals surface area contributed by atoms with Crippen molar-refractivity contribution >= 4 is 11.9 Å². The molecular weight excluding hydrogens is 266 g/mol. The predicted octanol–water partition coefficient (Wildman–Crippen LogP) is -0.779. The molecule has 1 aliphatic rings. The lowest BCUT2D eigenvalue weighted by molar-refractivity contribution is -0.157. The van der Waals surface area contributed by atoms with Crippen LogP contribution in [0.3, 0.4) is 0 Å². The van der Waals surface area contributed by atoms with Gasteiger partial charge in [0, 0.05) is 25.2 Å². The highest BCUT2D eigenvalue weighted by molar-refractivity contribution is 5.84. The first-order valence-corrected chi connectivity index (χ1v) is 6.32. The Morgan fingerprint density at radius 2 is 2.20 bits per heavy atom. The van der Waals surface area contributed by atoms with Gasteiger partial charge in [0.1, 0.15) is 0 Å². The van der Waals surface area contributed by atoms with E-state index in [1.807, 2.05) is 0 Å².